The summed E-state index contributed by atoms with van der Waals surface area (Å²) in [6.07, 6.45) is 3.08. The number of hydrogen-bond acceptors (Lipinski definition) is 7. The van der Waals surface area contributed by atoms with Crippen molar-refractivity contribution in [3.63, 3.8) is 0 Å². The number of carbonyl (C=O) groups excluding carboxylic acids is 1. The smallest absolute Gasteiger partial charge is 0.240 e. The number of anilines is 1. The molecule has 142 valence electrons. The number of nitrogens with one attached hydrogen (secondary N) is 1. The lowest BCUT2D eigenvalue weighted by molar-refractivity contribution is -0.121. The van der Waals surface area contributed by atoms with Gasteiger partial charge in [-0.2, -0.15) is 4.98 Å². The second-order valence-corrected chi connectivity index (χ2v) is 6.04. The van der Waals surface area contributed by atoms with Gasteiger partial charge in [-0.25, -0.2) is 9.97 Å². The van der Waals surface area contributed by atoms with Gasteiger partial charge in [0.15, 0.2) is 11.4 Å². The van der Waals surface area contributed by atoms with Crippen LogP contribution in [0.3, 0.4) is 0 Å². The van der Waals surface area contributed by atoms with E-state index in [-0.39, 0.29) is 18.4 Å². The predicted octanol–water partition coefficient (Wildman–Crippen LogP) is 1.99. The van der Waals surface area contributed by atoms with E-state index in [1.807, 2.05) is 24.3 Å². The second kappa shape index (κ2) is 7.39. The van der Waals surface area contributed by atoms with E-state index in [0.29, 0.717) is 29.2 Å². The van der Waals surface area contributed by atoms with Crippen LogP contribution in [0.2, 0.25) is 0 Å². The molecule has 1 amide bonds. The highest BCUT2D eigenvalue weighted by molar-refractivity contribution is 5.87. The monoisotopic (exact) mass is 378 g/mol. The second-order valence-electron chi connectivity index (χ2n) is 6.04. The number of rotatable bonds is 6. The van der Waals surface area contributed by atoms with Gasteiger partial charge in [-0.3, -0.25) is 4.79 Å². The molecule has 0 saturated heterocycles. The standard InChI is InChI=1S/C19H18N6O3/c1-27-13-6-3-2-5-12(13)9-21-15(26)10-25-11-22-17-16(14-7-4-8-28-14)23-19(20)24-18(17)25/h2-8,11H,9-10H2,1H3,(H,21,26)(H2,20,23,24). The van der Waals surface area contributed by atoms with Crippen LogP contribution in [-0.4, -0.2) is 32.5 Å². The molecule has 4 aromatic rings. The van der Waals surface area contributed by atoms with E-state index >= 15 is 0 Å². The minimum absolute atomic E-state index is 0.0414. The van der Waals surface area contributed by atoms with Crippen LogP contribution in [0, 0.1) is 0 Å². The molecule has 0 unspecified atom stereocenters. The maximum absolute atomic E-state index is 12.4. The van der Waals surface area contributed by atoms with Crippen molar-refractivity contribution in [3.8, 4) is 17.2 Å². The Hall–Kier alpha value is -3.88. The molecule has 28 heavy (non-hydrogen) atoms. The Bertz CT molecular complexity index is 1120. The molecular weight excluding hydrogens is 360 g/mol. The first-order valence-electron chi connectivity index (χ1n) is 8.56. The third-order valence-electron chi connectivity index (χ3n) is 4.22. The number of amides is 1. The number of nitrogens with zero attached hydrogens (tertiary/aromatic N) is 4. The van der Waals surface area contributed by atoms with Crippen LogP contribution in [0.25, 0.3) is 22.6 Å². The molecule has 0 spiro atoms. The first-order valence-corrected chi connectivity index (χ1v) is 8.56. The summed E-state index contributed by atoms with van der Waals surface area (Å²) >= 11 is 0. The largest absolute Gasteiger partial charge is 0.496 e. The lowest BCUT2D eigenvalue weighted by Gasteiger charge is -2.10. The Kier molecular flexibility index (Phi) is 4.63. The third-order valence-corrected chi connectivity index (χ3v) is 4.22. The molecule has 3 heterocycles. The van der Waals surface area contributed by atoms with Crippen molar-refractivity contribution in [3.05, 3.63) is 54.6 Å². The minimum Gasteiger partial charge on any atom is -0.496 e. The molecule has 3 aromatic heterocycles. The zero-order chi connectivity index (χ0) is 19.5. The van der Waals surface area contributed by atoms with E-state index in [9.17, 15) is 4.79 Å². The normalized spacial score (nSPS) is 10.9. The zero-order valence-electron chi connectivity index (χ0n) is 15.1. The molecule has 0 aliphatic rings. The number of carbonyl (C=O) groups is 1. The number of nitrogen functional groups attached to an aromatic ring is 1. The van der Waals surface area contributed by atoms with E-state index in [4.69, 9.17) is 14.9 Å². The van der Waals surface area contributed by atoms with Crippen molar-refractivity contribution in [2.24, 2.45) is 0 Å². The Morgan fingerprint density at radius 2 is 2.11 bits per heavy atom. The molecule has 0 bridgehead atoms. The maximum atomic E-state index is 12.4. The van der Waals surface area contributed by atoms with Gasteiger partial charge in [0.1, 0.15) is 23.5 Å². The number of fused-ring (bicyclic) bond motifs is 1. The summed E-state index contributed by atoms with van der Waals surface area (Å²) in [5, 5.41) is 2.87. The summed E-state index contributed by atoms with van der Waals surface area (Å²) in [6.45, 7) is 0.393. The highest BCUT2D eigenvalue weighted by Crippen LogP contribution is 2.26. The van der Waals surface area contributed by atoms with Crippen LogP contribution in [0.15, 0.2) is 53.4 Å². The van der Waals surface area contributed by atoms with Gasteiger partial charge >= 0.3 is 0 Å². The zero-order valence-corrected chi connectivity index (χ0v) is 15.1. The summed E-state index contributed by atoms with van der Waals surface area (Å²) in [7, 11) is 1.60. The first-order chi connectivity index (χ1) is 13.7. The van der Waals surface area contributed by atoms with Gasteiger partial charge in [-0.15, -0.1) is 0 Å². The number of aromatic nitrogens is 4. The van der Waals surface area contributed by atoms with E-state index < -0.39 is 0 Å². The van der Waals surface area contributed by atoms with E-state index in [1.165, 1.54) is 6.33 Å². The van der Waals surface area contributed by atoms with E-state index in [0.717, 1.165) is 11.3 Å². The molecule has 0 saturated carbocycles. The fourth-order valence-electron chi connectivity index (χ4n) is 2.92. The Labute approximate surface area is 160 Å². The van der Waals surface area contributed by atoms with Crippen LogP contribution >= 0.6 is 0 Å². The van der Waals surface area contributed by atoms with Crippen molar-refractivity contribution >= 4 is 23.0 Å². The van der Waals surface area contributed by atoms with Crippen molar-refractivity contribution in [1.82, 2.24) is 24.8 Å². The summed E-state index contributed by atoms with van der Waals surface area (Å²) < 4.78 is 12.3. The van der Waals surface area contributed by atoms with Crippen LogP contribution in [-0.2, 0) is 17.9 Å². The van der Waals surface area contributed by atoms with Crippen LogP contribution < -0.4 is 15.8 Å². The summed E-state index contributed by atoms with van der Waals surface area (Å²) in [6, 6.07) is 11.0. The number of para-hydroxylation sites is 1. The fraction of sp³-hybridized carbons (Fsp3) is 0.158. The van der Waals surface area contributed by atoms with Gasteiger partial charge in [0, 0.05) is 12.1 Å². The first kappa shape index (κ1) is 17.5. The molecule has 1 aromatic carbocycles. The number of methoxy groups -OCH3 is 1. The topological polar surface area (TPSA) is 121 Å². The van der Waals surface area contributed by atoms with Crippen LogP contribution in [0.4, 0.5) is 5.95 Å². The molecule has 0 aliphatic carbocycles. The van der Waals surface area contributed by atoms with Crippen LogP contribution in [0.5, 0.6) is 5.75 Å². The number of hydrogen-bond donors (Lipinski definition) is 2. The Balaban J connectivity index is 1.54. The molecule has 3 N–H and O–H groups in total. The quantitative estimate of drug-likeness (QED) is 0.526. The van der Waals surface area contributed by atoms with Gasteiger partial charge in [-0.1, -0.05) is 18.2 Å². The Morgan fingerprint density at radius 1 is 1.25 bits per heavy atom. The molecule has 9 nitrogen and oxygen atoms in total. The number of ether oxygens (including phenoxy) is 1. The summed E-state index contributed by atoms with van der Waals surface area (Å²) in [4.78, 5) is 25.2. The number of imidazole rings is 1. The average Bonchev–Trinajstić information content (AvgIpc) is 3.37. The SMILES string of the molecule is COc1ccccc1CNC(=O)Cn1cnc2c(-c3ccco3)nc(N)nc21. The van der Waals surface area contributed by atoms with Crippen molar-refractivity contribution in [2.45, 2.75) is 13.1 Å². The molecule has 0 fully saturated rings. The van der Waals surface area contributed by atoms with Gasteiger partial charge in [-0.05, 0) is 18.2 Å². The minimum atomic E-state index is -0.193. The van der Waals surface area contributed by atoms with E-state index in [2.05, 4.69) is 20.3 Å². The lowest BCUT2D eigenvalue weighted by Crippen LogP contribution is -2.27. The molecule has 0 atom stereocenters. The number of benzene rings is 1. The Morgan fingerprint density at radius 3 is 2.89 bits per heavy atom. The molecule has 9 heteroatoms. The predicted molar refractivity (Wildman–Crippen MR) is 102 cm³/mol. The molecule has 0 aliphatic heterocycles. The van der Waals surface area contributed by atoms with Gasteiger partial charge in [0.05, 0.1) is 19.7 Å². The van der Waals surface area contributed by atoms with Crippen molar-refractivity contribution in [1.29, 1.82) is 0 Å². The van der Waals surface area contributed by atoms with Crippen molar-refractivity contribution in [2.75, 3.05) is 12.8 Å². The highest BCUT2D eigenvalue weighted by atomic mass is 16.5. The summed E-state index contributed by atoms with van der Waals surface area (Å²) in [5.74, 6) is 1.14. The number of nitrogens with two attached hydrogens (primary N) is 1. The highest BCUT2D eigenvalue weighted by Gasteiger charge is 2.17. The lowest BCUT2D eigenvalue weighted by atomic mass is 10.2. The average molecular weight is 378 g/mol. The van der Waals surface area contributed by atoms with Gasteiger partial charge < -0.3 is 24.8 Å². The summed E-state index contributed by atoms with van der Waals surface area (Å²) in [5.41, 5.74) is 8.19. The fourth-order valence-corrected chi connectivity index (χ4v) is 2.92. The third kappa shape index (κ3) is 3.37. The maximum Gasteiger partial charge on any atom is 0.240 e. The van der Waals surface area contributed by atoms with Gasteiger partial charge in [0.2, 0.25) is 11.9 Å². The van der Waals surface area contributed by atoms with Crippen LogP contribution in [0.1, 0.15) is 5.56 Å². The molecular formula is C19H18N6O3. The van der Waals surface area contributed by atoms with E-state index in [1.54, 1.807) is 30.1 Å². The number of furan rings is 1. The van der Waals surface area contributed by atoms with Gasteiger partial charge in [0.25, 0.3) is 0 Å². The van der Waals surface area contributed by atoms with Crippen molar-refractivity contribution < 1.29 is 13.9 Å². The molecule has 0 radical (unpaired) electrons. The molecule has 4 rings (SSSR count).